The van der Waals surface area contributed by atoms with E-state index in [-0.39, 0.29) is 11.5 Å². The maximum Gasteiger partial charge on any atom is 0.172 e. The summed E-state index contributed by atoms with van der Waals surface area (Å²) in [6.07, 6.45) is -0.0331. The Morgan fingerprint density at radius 2 is 2.00 bits per heavy atom. The number of hydrogen-bond donors (Lipinski definition) is 3. The Hall–Kier alpha value is -0.740. The molecule has 0 aliphatic rings. The molecular weight excluding hydrogens is 248 g/mol. The van der Waals surface area contributed by atoms with Crippen LogP contribution >= 0.6 is 15.9 Å². The lowest BCUT2D eigenvalue weighted by atomic mass is 10.0. The molecular formula is C10H13BrO3. The summed E-state index contributed by atoms with van der Waals surface area (Å²) in [4.78, 5) is 0. The van der Waals surface area contributed by atoms with Gasteiger partial charge in [0.05, 0.1) is 10.6 Å². The number of aliphatic hydroxyl groups is 1. The standard InChI is InChI=1S/C10H13BrO3/c1-5-3-8(13)10(14)9(11)7(5)4-6(2)12/h3,6,12-14H,4H2,1-2H3. The van der Waals surface area contributed by atoms with Crippen LogP contribution in [-0.4, -0.2) is 21.4 Å². The molecule has 3 N–H and O–H groups in total. The number of benzene rings is 1. The molecule has 4 heteroatoms. The topological polar surface area (TPSA) is 60.7 Å². The Bertz CT molecular complexity index is 348. The van der Waals surface area contributed by atoms with E-state index in [9.17, 15) is 15.3 Å². The summed E-state index contributed by atoms with van der Waals surface area (Å²) in [5, 5.41) is 28.0. The molecule has 0 radical (unpaired) electrons. The molecule has 0 heterocycles. The third-order valence-corrected chi connectivity index (χ3v) is 2.90. The van der Waals surface area contributed by atoms with Gasteiger partial charge < -0.3 is 15.3 Å². The van der Waals surface area contributed by atoms with Gasteiger partial charge in [-0.3, -0.25) is 0 Å². The van der Waals surface area contributed by atoms with Crippen molar-refractivity contribution in [3.05, 3.63) is 21.7 Å². The maximum absolute atomic E-state index is 9.45. The van der Waals surface area contributed by atoms with Crippen molar-refractivity contribution in [2.24, 2.45) is 0 Å². The molecule has 14 heavy (non-hydrogen) atoms. The van der Waals surface area contributed by atoms with Crippen molar-refractivity contribution < 1.29 is 15.3 Å². The number of aliphatic hydroxyl groups excluding tert-OH is 1. The largest absolute Gasteiger partial charge is 0.504 e. The zero-order valence-corrected chi connectivity index (χ0v) is 9.67. The number of aromatic hydroxyl groups is 2. The van der Waals surface area contributed by atoms with Crippen LogP contribution in [0.25, 0.3) is 0 Å². The van der Waals surface area contributed by atoms with Crippen molar-refractivity contribution in [1.29, 1.82) is 0 Å². The number of rotatable bonds is 2. The minimum absolute atomic E-state index is 0.149. The molecule has 0 bridgehead atoms. The lowest BCUT2D eigenvalue weighted by Crippen LogP contribution is -2.06. The van der Waals surface area contributed by atoms with E-state index in [1.165, 1.54) is 6.07 Å². The van der Waals surface area contributed by atoms with E-state index in [0.717, 1.165) is 11.1 Å². The Labute approximate surface area is 91.1 Å². The summed E-state index contributed by atoms with van der Waals surface area (Å²) in [6, 6.07) is 1.48. The fourth-order valence-corrected chi connectivity index (χ4v) is 2.01. The average Bonchev–Trinajstić information content (AvgIpc) is 2.09. The van der Waals surface area contributed by atoms with Crippen molar-refractivity contribution in [2.45, 2.75) is 26.4 Å². The molecule has 0 saturated carbocycles. The summed E-state index contributed by atoms with van der Waals surface area (Å²) in [5.41, 5.74) is 1.66. The van der Waals surface area contributed by atoms with Gasteiger partial charge in [-0.25, -0.2) is 0 Å². The first-order valence-electron chi connectivity index (χ1n) is 4.31. The van der Waals surface area contributed by atoms with Crippen LogP contribution in [0.15, 0.2) is 10.5 Å². The van der Waals surface area contributed by atoms with Crippen LogP contribution in [0.5, 0.6) is 11.5 Å². The van der Waals surface area contributed by atoms with E-state index in [1.807, 2.05) is 6.92 Å². The minimum atomic E-state index is -0.478. The molecule has 1 aromatic carbocycles. The highest BCUT2D eigenvalue weighted by molar-refractivity contribution is 9.10. The number of halogens is 1. The molecule has 1 atom stereocenters. The fraction of sp³-hybridized carbons (Fsp3) is 0.400. The molecule has 1 unspecified atom stereocenters. The number of hydrogen-bond acceptors (Lipinski definition) is 3. The van der Waals surface area contributed by atoms with Crippen LogP contribution < -0.4 is 0 Å². The molecule has 0 aliphatic heterocycles. The Balaban J connectivity index is 3.22. The van der Waals surface area contributed by atoms with Gasteiger partial charge in [0.15, 0.2) is 11.5 Å². The smallest absolute Gasteiger partial charge is 0.172 e. The van der Waals surface area contributed by atoms with Gasteiger partial charge in [-0.1, -0.05) is 0 Å². The zero-order valence-electron chi connectivity index (χ0n) is 8.08. The van der Waals surface area contributed by atoms with Gasteiger partial charge >= 0.3 is 0 Å². The van der Waals surface area contributed by atoms with Gasteiger partial charge in [0.2, 0.25) is 0 Å². The molecule has 0 spiro atoms. The zero-order chi connectivity index (χ0) is 10.9. The normalized spacial score (nSPS) is 12.9. The molecule has 0 fully saturated rings. The lowest BCUT2D eigenvalue weighted by Gasteiger charge is -2.12. The summed E-state index contributed by atoms with van der Waals surface area (Å²) >= 11 is 3.19. The fourth-order valence-electron chi connectivity index (χ4n) is 1.34. The molecule has 1 rings (SSSR count). The van der Waals surface area contributed by atoms with E-state index >= 15 is 0 Å². The maximum atomic E-state index is 9.45. The van der Waals surface area contributed by atoms with E-state index < -0.39 is 6.10 Å². The van der Waals surface area contributed by atoms with Gasteiger partial charge in [-0.05, 0) is 53.4 Å². The van der Waals surface area contributed by atoms with E-state index in [0.29, 0.717) is 10.9 Å². The van der Waals surface area contributed by atoms with Crippen molar-refractivity contribution in [2.75, 3.05) is 0 Å². The van der Waals surface area contributed by atoms with E-state index in [1.54, 1.807) is 6.92 Å². The predicted molar refractivity (Wildman–Crippen MR) is 57.6 cm³/mol. The molecule has 1 aromatic rings. The quantitative estimate of drug-likeness (QED) is 0.714. The summed E-state index contributed by atoms with van der Waals surface area (Å²) in [6.45, 7) is 3.50. The highest BCUT2D eigenvalue weighted by Crippen LogP contribution is 2.38. The molecule has 3 nitrogen and oxygen atoms in total. The van der Waals surface area contributed by atoms with Gasteiger partial charge in [0.25, 0.3) is 0 Å². The molecule has 0 aromatic heterocycles. The lowest BCUT2D eigenvalue weighted by molar-refractivity contribution is 0.195. The number of phenolic OH excluding ortho intramolecular Hbond substituents is 2. The van der Waals surface area contributed by atoms with Crippen molar-refractivity contribution in [3.8, 4) is 11.5 Å². The van der Waals surface area contributed by atoms with Crippen LogP contribution in [-0.2, 0) is 6.42 Å². The first-order chi connectivity index (χ1) is 6.43. The van der Waals surface area contributed by atoms with E-state index in [4.69, 9.17) is 0 Å². The first-order valence-corrected chi connectivity index (χ1v) is 5.10. The molecule has 0 aliphatic carbocycles. The first kappa shape index (κ1) is 11.3. The van der Waals surface area contributed by atoms with Crippen LogP contribution in [0.2, 0.25) is 0 Å². The third-order valence-electron chi connectivity index (χ3n) is 2.04. The molecule has 0 amide bonds. The van der Waals surface area contributed by atoms with E-state index in [2.05, 4.69) is 15.9 Å². The summed E-state index contributed by atoms with van der Waals surface area (Å²) < 4.78 is 0.455. The van der Waals surface area contributed by atoms with Crippen LogP contribution in [0.3, 0.4) is 0 Å². The second kappa shape index (κ2) is 4.19. The second-order valence-corrected chi connectivity index (χ2v) is 4.20. The highest BCUT2D eigenvalue weighted by atomic mass is 79.9. The Morgan fingerprint density at radius 3 is 2.50 bits per heavy atom. The summed E-state index contributed by atoms with van der Waals surface area (Å²) in [5.74, 6) is -0.324. The minimum Gasteiger partial charge on any atom is -0.504 e. The summed E-state index contributed by atoms with van der Waals surface area (Å²) in [7, 11) is 0. The second-order valence-electron chi connectivity index (χ2n) is 3.41. The van der Waals surface area contributed by atoms with Crippen molar-refractivity contribution in [3.63, 3.8) is 0 Å². The Kier molecular flexibility index (Phi) is 3.39. The van der Waals surface area contributed by atoms with Crippen LogP contribution in [0, 0.1) is 6.92 Å². The SMILES string of the molecule is Cc1cc(O)c(O)c(Br)c1CC(C)O. The van der Waals surface area contributed by atoms with Crippen molar-refractivity contribution >= 4 is 15.9 Å². The van der Waals surface area contributed by atoms with Crippen LogP contribution in [0.1, 0.15) is 18.1 Å². The number of phenols is 2. The molecule has 78 valence electrons. The van der Waals surface area contributed by atoms with Gasteiger partial charge in [-0.15, -0.1) is 0 Å². The van der Waals surface area contributed by atoms with Gasteiger partial charge in [0.1, 0.15) is 0 Å². The van der Waals surface area contributed by atoms with Gasteiger partial charge in [-0.2, -0.15) is 0 Å². The highest BCUT2D eigenvalue weighted by Gasteiger charge is 2.14. The van der Waals surface area contributed by atoms with Gasteiger partial charge in [0, 0.05) is 0 Å². The number of aryl methyl sites for hydroxylation is 1. The van der Waals surface area contributed by atoms with Crippen molar-refractivity contribution in [1.82, 2.24) is 0 Å². The average molecular weight is 261 g/mol. The Morgan fingerprint density at radius 1 is 1.43 bits per heavy atom. The predicted octanol–water partition coefficient (Wildman–Crippen LogP) is 2.09. The van der Waals surface area contributed by atoms with Crippen LogP contribution in [0.4, 0.5) is 0 Å². The monoisotopic (exact) mass is 260 g/mol. The third kappa shape index (κ3) is 2.19. The molecule has 0 saturated heterocycles.